The zero-order valence-electron chi connectivity index (χ0n) is 9.21. The first-order chi connectivity index (χ1) is 7.88. The number of hydrogen-bond acceptors (Lipinski definition) is 1. The van der Waals surface area contributed by atoms with Crippen molar-refractivity contribution in [3.05, 3.63) is 29.8 Å². The molecule has 1 aromatic rings. The molecule has 0 spiro atoms. The Hall–Kier alpha value is -1.52. The quantitative estimate of drug-likeness (QED) is 0.848. The van der Waals surface area contributed by atoms with Gasteiger partial charge in [0.25, 0.3) is 0 Å². The highest BCUT2D eigenvalue weighted by Gasteiger charge is 2.39. The highest BCUT2D eigenvalue weighted by atomic mass is 19.4. The van der Waals surface area contributed by atoms with Gasteiger partial charge >= 0.3 is 6.18 Å². The van der Waals surface area contributed by atoms with E-state index in [2.05, 4.69) is 5.32 Å². The van der Waals surface area contributed by atoms with Gasteiger partial charge in [-0.1, -0.05) is 13.0 Å². The van der Waals surface area contributed by atoms with E-state index < -0.39 is 11.7 Å². The maximum Gasteiger partial charge on any atom is 0.416 e. The molecule has 1 amide bonds. The Morgan fingerprint density at radius 1 is 1.41 bits per heavy atom. The predicted octanol–water partition coefficient (Wildman–Crippen LogP) is 3.30. The van der Waals surface area contributed by atoms with Crippen LogP contribution in [0.15, 0.2) is 24.3 Å². The van der Waals surface area contributed by atoms with Gasteiger partial charge in [-0.05, 0) is 30.5 Å². The van der Waals surface area contributed by atoms with Crippen LogP contribution in [0.1, 0.15) is 18.9 Å². The van der Waals surface area contributed by atoms with Crippen LogP contribution in [0.25, 0.3) is 0 Å². The van der Waals surface area contributed by atoms with E-state index in [1.54, 1.807) is 0 Å². The second kappa shape index (κ2) is 4.05. The molecule has 17 heavy (non-hydrogen) atoms. The van der Waals surface area contributed by atoms with Crippen molar-refractivity contribution in [2.75, 3.05) is 5.32 Å². The Bertz CT molecular complexity index is 442. The highest BCUT2D eigenvalue weighted by Crippen LogP contribution is 2.38. The molecule has 0 radical (unpaired) electrons. The summed E-state index contributed by atoms with van der Waals surface area (Å²) in [6.07, 6.45) is -3.57. The Kier molecular flexibility index (Phi) is 2.85. The van der Waals surface area contributed by atoms with Gasteiger partial charge in [-0.15, -0.1) is 0 Å². The lowest BCUT2D eigenvalue weighted by molar-refractivity contribution is -0.137. The second-order valence-corrected chi connectivity index (χ2v) is 4.39. The Labute approximate surface area is 96.8 Å². The first-order valence-electron chi connectivity index (χ1n) is 5.36. The lowest BCUT2D eigenvalue weighted by atomic mass is 10.2. The second-order valence-electron chi connectivity index (χ2n) is 4.39. The van der Waals surface area contributed by atoms with Crippen molar-refractivity contribution in [2.24, 2.45) is 11.8 Å². The molecule has 1 aromatic carbocycles. The molecule has 0 unspecified atom stereocenters. The highest BCUT2D eigenvalue weighted by molar-refractivity contribution is 5.94. The monoisotopic (exact) mass is 243 g/mol. The van der Waals surface area contributed by atoms with Crippen molar-refractivity contribution >= 4 is 11.6 Å². The molecule has 2 nitrogen and oxygen atoms in total. The lowest BCUT2D eigenvalue weighted by Gasteiger charge is -2.09. The molecule has 0 heterocycles. The Morgan fingerprint density at radius 3 is 2.59 bits per heavy atom. The number of halogens is 3. The molecule has 0 bridgehead atoms. The minimum atomic E-state index is -4.38. The summed E-state index contributed by atoms with van der Waals surface area (Å²) in [5.74, 6) is 0.0853. The third-order valence-electron chi connectivity index (χ3n) is 2.90. The average Bonchev–Trinajstić information content (AvgIpc) is 2.95. The van der Waals surface area contributed by atoms with E-state index in [4.69, 9.17) is 0 Å². The van der Waals surface area contributed by atoms with Gasteiger partial charge in [-0.3, -0.25) is 4.79 Å². The summed E-state index contributed by atoms with van der Waals surface area (Å²) >= 11 is 0. The van der Waals surface area contributed by atoms with Crippen LogP contribution in [0.2, 0.25) is 0 Å². The van der Waals surface area contributed by atoms with Crippen LogP contribution >= 0.6 is 0 Å². The fourth-order valence-corrected chi connectivity index (χ4v) is 1.70. The molecular formula is C12H12F3NO. The first kappa shape index (κ1) is 12.0. The zero-order chi connectivity index (χ0) is 12.6. The number of carbonyl (C=O) groups is 1. The Balaban J connectivity index is 2.09. The summed E-state index contributed by atoms with van der Waals surface area (Å²) in [6.45, 7) is 1.94. The largest absolute Gasteiger partial charge is 0.416 e. The van der Waals surface area contributed by atoms with Gasteiger partial charge in [0.1, 0.15) is 0 Å². The van der Waals surface area contributed by atoms with Gasteiger partial charge in [-0.2, -0.15) is 13.2 Å². The van der Waals surface area contributed by atoms with E-state index in [9.17, 15) is 18.0 Å². The summed E-state index contributed by atoms with van der Waals surface area (Å²) in [4.78, 5) is 11.6. The zero-order valence-corrected chi connectivity index (χ0v) is 9.21. The van der Waals surface area contributed by atoms with Gasteiger partial charge < -0.3 is 5.32 Å². The van der Waals surface area contributed by atoms with E-state index in [0.29, 0.717) is 5.92 Å². The Morgan fingerprint density at radius 2 is 2.06 bits per heavy atom. The van der Waals surface area contributed by atoms with Crippen molar-refractivity contribution in [1.82, 2.24) is 0 Å². The normalized spacial score (nSPS) is 23.3. The van der Waals surface area contributed by atoms with Crippen LogP contribution in [0.3, 0.4) is 0 Å². The van der Waals surface area contributed by atoms with E-state index in [0.717, 1.165) is 18.6 Å². The molecule has 1 aliphatic carbocycles. The van der Waals surface area contributed by atoms with Crippen LogP contribution in [-0.2, 0) is 11.0 Å². The minimum absolute atomic E-state index is 0.0513. The summed E-state index contributed by atoms with van der Waals surface area (Å²) in [7, 11) is 0. The van der Waals surface area contributed by atoms with Crippen LogP contribution < -0.4 is 5.32 Å². The summed E-state index contributed by atoms with van der Waals surface area (Å²) in [5, 5.41) is 2.51. The fourth-order valence-electron chi connectivity index (χ4n) is 1.70. The van der Waals surface area contributed by atoms with Gasteiger partial charge in [0.2, 0.25) is 5.91 Å². The minimum Gasteiger partial charge on any atom is -0.326 e. The van der Waals surface area contributed by atoms with Gasteiger partial charge in [-0.25, -0.2) is 0 Å². The molecule has 1 fully saturated rings. The number of amides is 1. The number of alkyl halides is 3. The fraction of sp³-hybridized carbons (Fsp3) is 0.417. The van der Waals surface area contributed by atoms with Gasteiger partial charge in [0, 0.05) is 11.6 Å². The lowest BCUT2D eigenvalue weighted by Crippen LogP contribution is -2.15. The van der Waals surface area contributed by atoms with Crippen molar-refractivity contribution in [3.8, 4) is 0 Å². The van der Waals surface area contributed by atoms with E-state index in [-0.39, 0.29) is 17.5 Å². The van der Waals surface area contributed by atoms with Crippen molar-refractivity contribution in [3.63, 3.8) is 0 Å². The molecule has 1 aliphatic rings. The molecule has 1 saturated carbocycles. The molecule has 92 valence electrons. The molecule has 0 saturated heterocycles. The number of nitrogens with one attached hydrogen (secondary N) is 1. The summed E-state index contributed by atoms with van der Waals surface area (Å²) in [5.41, 5.74) is -0.553. The van der Waals surface area contributed by atoms with Gasteiger partial charge in [0.05, 0.1) is 5.56 Å². The van der Waals surface area contributed by atoms with Crippen molar-refractivity contribution < 1.29 is 18.0 Å². The topological polar surface area (TPSA) is 29.1 Å². The number of benzene rings is 1. The SMILES string of the molecule is C[C@H]1C[C@@H]1C(=O)Nc1cccc(C(F)(F)F)c1. The standard InChI is InChI=1S/C12H12F3NO/c1-7-5-10(7)11(17)16-9-4-2-3-8(6-9)12(13,14)15/h2-4,6-7,10H,5H2,1H3,(H,16,17)/t7-,10-/m0/s1. The molecule has 1 N–H and O–H groups in total. The number of hydrogen-bond donors (Lipinski definition) is 1. The smallest absolute Gasteiger partial charge is 0.326 e. The van der Waals surface area contributed by atoms with E-state index >= 15 is 0 Å². The average molecular weight is 243 g/mol. The summed E-state index contributed by atoms with van der Waals surface area (Å²) < 4.78 is 37.3. The maximum atomic E-state index is 12.4. The number of anilines is 1. The first-order valence-corrected chi connectivity index (χ1v) is 5.36. The molecule has 5 heteroatoms. The number of rotatable bonds is 2. The van der Waals surface area contributed by atoms with E-state index in [1.807, 2.05) is 6.92 Å². The number of carbonyl (C=O) groups excluding carboxylic acids is 1. The third kappa shape index (κ3) is 2.78. The molecular weight excluding hydrogens is 231 g/mol. The van der Waals surface area contributed by atoms with Crippen LogP contribution in [0.5, 0.6) is 0 Å². The summed E-state index contributed by atoms with van der Waals surface area (Å²) in [6, 6.07) is 4.68. The predicted molar refractivity (Wildman–Crippen MR) is 57.3 cm³/mol. The molecule has 2 atom stereocenters. The molecule has 0 aliphatic heterocycles. The van der Waals surface area contributed by atoms with Gasteiger partial charge in [0.15, 0.2) is 0 Å². The van der Waals surface area contributed by atoms with Crippen molar-refractivity contribution in [1.29, 1.82) is 0 Å². The van der Waals surface area contributed by atoms with E-state index in [1.165, 1.54) is 12.1 Å². The van der Waals surface area contributed by atoms with Crippen LogP contribution in [-0.4, -0.2) is 5.91 Å². The molecule has 0 aromatic heterocycles. The van der Waals surface area contributed by atoms with Crippen LogP contribution in [0, 0.1) is 11.8 Å². The van der Waals surface area contributed by atoms with Crippen LogP contribution in [0.4, 0.5) is 18.9 Å². The third-order valence-corrected chi connectivity index (χ3v) is 2.90. The maximum absolute atomic E-state index is 12.4. The molecule has 2 rings (SSSR count). The van der Waals surface area contributed by atoms with Crippen molar-refractivity contribution in [2.45, 2.75) is 19.5 Å².